The minimum atomic E-state index is -5.11. The summed E-state index contributed by atoms with van der Waals surface area (Å²) in [4.78, 5) is 30.5. The fraction of sp³-hybridized carbons (Fsp3) is 0.342. The Hall–Kier alpha value is -5.61. The molecule has 0 aliphatic heterocycles. The van der Waals surface area contributed by atoms with E-state index in [4.69, 9.17) is 11.6 Å². The molecule has 3 atom stereocenters. The fourth-order valence-electron chi connectivity index (χ4n) is 7.26. The molecule has 0 radical (unpaired) electrons. The normalized spacial score (nSPS) is 17.4. The molecule has 2 aromatic carbocycles. The van der Waals surface area contributed by atoms with Gasteiger partial charge >= 0.3 is 12.6 Å². The third-order valence-electron chi connectivity index (χ3n) is 9.61. The first kappa shape index (κ1) is 40.6. The number of carbonyl (C=O) groups excluding carboxylic acids is 2. The number of aromatic nitrogens is 5. The summed E-state index contributed by atoms with van der Waals surface area (Å²) in [5, 5.41) is 22.4. The number of hydrogen-bond acceptors (Lipinski definition) is 6. The molecule has 304 valence electrons. The van der Waals surface area contributed by atoms with Crippen molar-refractivity contribution in [1.82, 2.24) is 29.9 Å². The lowest BCUT2D eigenvalue weighted by Crippen LogP contribution is -2.35. The van der Waals surface area contributed by atoms with Gasteiger partial charge in [0.05, 0.1) is 27.7 Å². The molecule has 0 bridgehead atoms. The highest BCUT2D eigenvalue weighted by Gasteiger charge is 2.68. The van der Waals surface area contributed by atoms with Crippen LogP contribution in [0.25, 0.3) is 22.0 Å². The van der Waals surface area contributed by atoms with Crippen molar-refractivity contribution in [3.8, 4) is 23.0 Å². The molecule has 3 heterocycles. The zero-order valence-corrected chi connectivity index (χ0v) is 31.0. The van der Waals surface area contributed by atoms with Crippen molar-refractivity contribution in [3.05, 3.63) is 93.0 Å². The predicted molar refractivity (Wildman–Crippen MR) is 190 cm³/mol. The van der Waals surface area contributed by atoms with Gasteiger partial charge in [-0.2, -0.15) is 40.9 Å². The number of nitrogens with one attached hydrogen (secondary N) is 2. The first-order valence-electron chi connectivity index (χ1n) is 17.3. The number of anilines is 1. The number of hydrogen-bond donors (Lipinski definition) is 3. The standard InChI is InChI=1S/C38H29ClF9N7O3/c1-36(2,58)9-8-19-4-5-20(21-6-7-24(39)28-30(21)54(3)53-34(28)51-35(57)33(42)43)29(49-19)25(12-16-10-17(40)13-18(41)11-16)50-26(56)15-55-32-27(31(52-55)38(46,47)48)22-14-23(22)37(32,44)45/h4-7,10-11,13,22-23,25,33,58H,12,14-15H2,1-3H3,(H,50,56)(H,51,53,57)/t22-,23+,25-/m0/s1. The van der Waals surface area contributed by atoms with Crippen LogP contribution in [0, 0.1) is 29.4 Å². The topological polar surface area (TPSA) is 127 Å². The molecule has 1 saturated carbocycles. The molecule has 1 fully saturated rings. The van der Waals surface area contributed by atoms with Gasteiger partial charge in [-0.1, -0.05) is 23.6 Å². The smallest absolute Gasteiger partial charge is 0.378 e. The van der Waals surface area contributed by atoms with Gasteiger partial charge in [0.1, 0.15) is 35.2 Å². The zero-order chi connectivity index (χ0) is 42.2. The monoisotopic (exact) mass is 837 g/mol. The molecule has 5 aromatic rings. The van der Waals surface area contributed by atoms with E-state index in [0.717, 1.165) is 12.1 Å². The summed E-state index contributed by atoms with van der Waals surface area (Å²) in [6.07, 6.45) is -9.15. The molecule has 3 aromatic heterocycles. The van der Waals surface area contributed by atoms with Crippen LogP contribution in [0.5, 0.6) is 0 Å². The molecule has 0 unspecified atom stereocenters. The number of fused-ring (bicyclic) bond motifs is 4. The van der Waals surface area contributed by atoms with Crippen molar-refractivity contribution in [2.24, 2.45) is 13.0 Å². The van der Waals surface area contributed by atoms with Gasteiger partial charge in [-0.25, -0.2) is 13.8 Å². The van der Waals surface area contributed by atoms with Crippen LogP contribution in [0.1, 0.15) is 66.1 Å². The highest BCUT2D eigenvalue weighted by atomic mass is 35.5. The van der Waals surface area contributed by atoms with E-state index in [1.165, 1.54) is 49.8 Å². The molecule has 10 nitrogen and oxygen atoms in total. The molecule has 7 rings (SSSR count). The molecule has 0 saturated heterocycles. The van der Waals surface area contributed by atoms with E-state index < -0.39 is 95.4 Å². The number of aliphatic hydroxyl groups is 1. The number of nitrogens with zero attached hydrogens (tertiary/aromatic N) is 5. The lowest BCUT2D eigenvalue weighted by Gasteiger charge is -2.23. The van der Waals surface area contributed by atoms with Crippen molar-refractivity contribution in [1.29, 1.82) is 0 Å². The predicted octanol–water partition coefficient (Wildman–Crippen LogP) is 7.42. The molecular weight excluding hydrogens is 809 g/mol. The van der Waals surface area contributed by atoms with Crippen molar-refractivity contribution in [2.45, 2.75) is 69.3 Å². The van der Waals surface area contributed by atoms with Gasteiger partial charge in [0.25, 0.3) is 11.8 Å². The zero-order valence-electron chi connectivity index (χ0n) is 30.3. The van der Waals surface area contributed by atoms with Gasteiger partial charge in [0.15, 0.2) is 11.5 Å². The van der Waals surface area contributed by atoms with E-state index in [0.29, 0.717) is 10.7 Å². The van der Waals surface area contributed by atoms with E-state index in [1.807, 2.05) is 5.32 Å². The van der Waals surface area contributed by atoms with Crippen LogP contribution in [0.2, 0.25) is 5.02 Å². The fourth-order valence-corrected chi connectivity index (χ4v) is 7.50. The maximum absolute atomic E-state index is 15.4. The quantitative estimate of drug-likeness (QED) is 0.105. The SMILES string of the molecule is Cn1nc(NC(=O)C(F)F)c2c(Cl)ccc(-c3ccc(C#CC(C)(C)O)nc3[C@H](Cc3cc(F)cc(F)c3)NC(=O)Cn3nc(C(F)(F)F)c4c3C(F)(F)[C@@H]3C[C@H]43)c21. The summed E-state index contributed by atoms with van der Waals surface area (Å²) in [7, 11) is 1.41. The maximum atomic E-state index is 15.4. The summed E-state index contributed by atoms with van der Waals surface area (Å²) in [6, 6.07) is 6.71. The number of halogens is 10. The van der Waals surface area contributed by atoms with Crippen molar-refractivity contribution in [2.75, 3.05) is 5.32 Å². The summed E-state index contributed by atoms with van der Waals surface area (Å²) in [5.74, 6) is -6.07. The highest BCUT2D eigenvalue weighted by Crippen LogP contribution is 2.68. The second-order valence-electron chi connectivity index (χ2n) is 14.5. The van der Waals surface area contributed by atoms with Gasteiger partial charge < -0.3 is 15.7 Å². The number of carbonyl (C=O) groups is 2. The van der Waals surface area contributed by atoms with Crippen LogP contribution in [0.4, 0.5) is 45.3 Å². The Labute approximate surface area is 327 Å². The number of amides is 2. The Bertz CT molecular complexity index is 2550. The second kappa shape index (κ2) is 14.3. The third-order valence-corrected chi connectivity index (χ3v) is 9.92. The highest BCUT2D eigenvalue weighted by molar-refractivity contribution is 6.37. The minimum absolute atomic E-state index is 0.00675. The van der Waals surface area contributed by atoms with Crippen LogP contribution in [-0.4, -0.2) is 53.5 Å². The molecule has 0 spiro atoms. The van der Waals surface area contributed by atoms with E-state index in [2.05, 4.69) is 32.3 Å². The van der Waals surface area contributed by atoms with Crippen molar-refractivity contribution in [3.63, 3.8) is 0 Å². The molecule has 2 aliphatic carbocycles. The van der Waals surface area contributed by atoms with Gasteiger partial charge in [-0.15, -0.1) is 0 Å². The Morgan fingerprint density at radius 2 is 1.72 bits per heavy atom. The Morgan fingerprint density at radius 1 is 1.05 bits per heavy atom. The summed E-state index contributed by atoms with van der Waals surface area (Å²) >= 11 is 6.48. The summed E-state index contributed by atoms with van der Waals surface area (Å²) in [6.45, 7) is 1.64. The third kappa shape index (κ3) is 7.69. The largest absolute Gasteiger partial charge is 0.435 e. The average molecular weight is 838 g/mol. The first-order chi connectivity index (χ1) is 27.0. The molecular formula is C38H29ClF9N7O3. The number of aryl methyl sites for hydroxylation is 1. The van der Waals surface area contributed by atoms with E-state index in [1.54, 1.807) is 0 Å². The van der Waals surface area contributed by atoms with E-state index >= 15 is 8.78 Å². The van der Waals surface area contributed by atoms with Gasteiger partial charge in [-0.05, 0) is 74.4 Å². The van der Waals surface area contributed by atoms with Crippen LogP contribution >= 0.6 is 11.6 Å². The molecule has 3 N–H and O–H groups in total. The van der Waals surface area contributed by atoms with Gasteiger partial charge in [0.2, 0.25) is 5.91 Å². The Kier molecular flexibility index (Phi) is 10.0. The lowest BCUT2D eigenvalue weighted by molar-refractivity contribution is -0.142. The second-order valence-corrected chi connectivity index (χ2v) is 14.9. The van der Waals surface area contributed by atoms with Gasteiger partial charge in [-0.3, -0.25) is 19.0 Å². The van der Waals surface area contributed by atoms with Crippen molar-refractivity contribution >= 4 is 40.1 Å². The van der Waals surface area contributed by atoms with Crippen LogP contribution in [0.3, 0.4) is 0 Å². The Balaban J connectivity index is 1.38. The van der Waals surface area contributed by atoms with Crippen LogP contribution in [0.15, 0.2) is 42.5 Å². The molecule has 2 aliphatic rings. The van der Waals surface area contributed by atoms with E-state index in [-0.39, 0.29) is 56.2 Å². The summed E-state index contributed by atoms with van der Waals surface area (Å²) < 4.78 is 130. The molecule has 2 amide bonds. The number of pyridine rings is 1. The summed E-state index contributed by atoms with van der Waals surface area (Å²) in [5.41, 5.74) is -4.42. The number of rotatable bonds is 9. The van der Waals surface area contributed by atoms with Gasteiger partial charge in [0, 0.05) is 35.7 Å². The molecule has 58 heavy (non-hydrogen) atoms. The Morgan fingerprint density at radius 3 is 2.36 bits per heavy atom. The number of alkyl halides is 7. The van der Waals surface area contributed by atoms with E-state index in [9.17, 15) is 45.4 Å². The molecule has 20 heteroatoms. The maximum Gasteiger partial charge on any atom is 0.435 e. The minimum Gasteiger partial charge on any atom is -0.378 e. The van der Waals surface area contributed by atoms with Crippen LogP contribution < -0.4 is 10.6 Å². The average Bonchev–Trinajstić information content (AvgIpc) is 3.64. The number of benzene rings is 2. The van der Waals surface area contributed by atoms with Crippen molar-refractivity contribution < 1.29 is 54.2 Å². The van der Waals surface area contributed by atoms with Crippen LogP contribution in [-0.2, 0) is 41.7 Å². The lowest BCUT2D eigenvalue weighted by atomic mass is 9.93. The first-order valence-corrected chi connectivity index (χ1v) is 17.7.